The molecule has 3 atom stereocenters. The molecular weight excluding hydrogens is 382 g/mol. The molecule has 6 heteroatoms. The number of hydrogen-bond donors (Lipinski definition) is 0. The Balaban J connectivity index is 1.38. The highest BCUT2D eigenvalue weighted by atomic mass is 16.7. The lowest BCUT2D eigenvalue weighted by molar-refractivity contribution is -0.203. The van der Waals surface area contributed by atoms with Gasteiger partial charge in [-0.3, -0.25) is 9.59 Å². The van der Waals surface area contributed by atoms with E-state index in [2.05, 4.69) is 11.0 Å². The molecule has 4 saturated carbocycles. The number of esters is 1. The van der Waals surface area contributed by atoms with Gasteiger partial charge < -0.3 is 19.1 Å². The first-order valence-corrected chi connectivity index (χ1v) is 11.2. The van der Waals surface area contributed by atoms with E-state index in [1.54, 1.807) is 0 Å². The van der Waals surface area contributed by atoms with E-state index < -0.39 is 5.41 Å². The second-order valence-electron chi connectivity index (χ2n) is 10.7. The monoisotopic (exact) mass is 411 g/mol. The molecule has 0 radical (unpaired) electrons. The minimum absolute atomic E-state index is 0.0294. The molecule has 30 heavy (non-hydrogen) atoms. The van der Waals surface area contributed by atoms with E-state index in [1.807, 2.05) is 26.0 Å². The van der Waals surface area contributed by atoms with Crippen molar-refractivity contribution in [2.45, 2.75) is 58.0 Å². The van der Waals surface area contributed by atoms with Gasteiger partial charge in [-0.25, -0.2) is 0 Å². The zero-order chi connectivity index (χ0) is 20.8. The van der Waals surface area contributed by atoms with Crippen LogP contribution in [-0.2, 0) is 14.3 Å². The number of fused-ring (bicyclic) bond motifs is 1. The summed E-state index contributed by atoms with van der Waals surface area (Å²) in [5.41, 5.74) is 0.243. The highest BCUT2D eigenvalue weighted by Crippen LogP contribution is 2.65. The number of benzene rings is 1. The molecule has 2 aliphatic heterocycles. The average Bonchev–Trinajstić information content (AvgIpc) is 3.20. The largest absolute Gasteiger partial charge is 0.469 e. The van der Waals surface area contributed by atoms with Crippen LogP contribution >= 0.6 is 0 Å². The predicted octanol–water partition coefficient (Wildman–Crippen LogP) is 3.69. The highest BCUT2D eigenvalue weighted by molar-refractivity contribution is 5.91. The summed E-state index contributed by atoms with van der Waals surface area (Å²) in [6, 6.07) is 6.16. The summed E-state index contributed by atoms with van der Waals surface area (Å²) in [4.78, 5) is 28.2. The van der Waals surface area contributed by atoms with Gasteiger partial charge in [0.2, 0.25) is 12.7 Å². The molecule has 4 bridgehead atoms. The molecule has 7 rings (SSSR count). The molecule has 4 aliphatic carbocycles. The van der Waals surface area contributed by atoms with Gasteiger partial charge in [-0.2, -0.15) is 0 Å². The number of carbonyl (C=O) groups excluding carboxylic acids is 2. The number of hydrogen-bond acceptors (Lipinski definition) is 5. The van der Waals surface area contributed by atoms with Crippen molar-refractivity contribution in [3.8, 4) is 11.5 Å². The first-order chi connectivity index (χ1) is 14.4. The number of β-lactam (4-membered cyclic amide) rings is 1. The smallest absolute Gasteiger partial charge is 0.311 e. The van der Waals surface area contributed by atoms with Crippen molar-refractivity contribution in [1.29, 1.82) is 0 Å². The number of amides is 1. The molecule has 1 saturated heterocycles. The Hall–Kier alpha value is -2.24. The Morgan fingerprint density at radius 3 is 2.57 bits per heavy atom. The van der Waals surface area contributed by atoms with Crippen LogP contribution in [-0.4, -0.2) is 36.7 Å². The molecule has 3 unspecified atom stereocenters. The Kier molecular flexibility index (Phi) is 3.66. The summed E-state index contributed by atoms with van der Waals surface area (Å²) in [7, 11) is 1.51. The average molecular weight is 411 g/mol. The molecule has 0 N–H and O–H groups in total. The first-order valence-electron chi connectivity index (χ1n) is 11.2. The number of methoxy groups -OCH3 is 1. The summed E-state index contributed by atoms with van der Waals surface area (Å²) in [6.07, 6.45) is 4.88. The van der Waals surface area contributed by atoms with Crippen LogP contribution in [0.1, 0.15) is 57.6 Å². The molecule has 5 fully saturated rings. The maximum atomic E-state index is 13.4. The van der Waals surface area contributed by atoms with E-state index in [1.165, 1.54) is 7.11 Å². The third kappa shape index (κ3) is 2.20. The number of carbonyl (C=O) groups is 2. The normalized spacial score (nSPS) is 39.8. The molecule has 1 amide bonds. The quantitative estimate of drug-likeness (QED) is 0.561. The Labute approximate surface area is 176 Å². The molecule has 1 aromatic rings. The third-order valence-corrected chi connectivity index (χ3v) is 8.63. The summed E-state index contributed by atoms with van der Waals surface area (Å²) < 4.78 is 16.6. The van der Waals surface area contributed by atoms with Gasteiger partial charge in [0.25, 0.3) is 0 Å². The number of para-hydroxylation sites is 1. The van der Waals surface area contributed by atoms with E-state index >= 15 is 0 Å². The van der Waals surface area contributed by atoms with Crippen LogP contribution in [0.5, 0.6) is 11.5 Å². The Morgan fingerprint density at radius 1 is 1.13 bits per heavy atom. The molecule has 0 aromatic heterocycles. The summed E-state index contributed by atoms with van der Waals surface area (Å²) in [6.45, 7) is 4.31. The first kappa shape index (κ1) is 18.5. The van der Waals surface area contributed by atoms with Crippen LogP contribution in [0.3, 0.4) is 0 Å². The van der Waals surface area contributed by atoms with E-state index in [9.17, 15) is 9.59 Å². The van der Waals surface area contributed by atoms with Gasteiger partial charge in [0.1, 0.15) is 0 Å². The van der Waals surface area contributed by atoms with Crippen molar-refractivity contribution in [3.05, 3.63) is 23.8 Å². The van der Waals surface area contributed by atoms with Gasteiger partial charge in [-0.1, -0.05) is 12.1 Å². The second kappa shape index (κ2) is 5.92. The van der Waals surface area contributed by atoms with Gasteiger partial charge in [-0.05, 0) is 69.8 Å². The van der Waals surface area contributed by atoms with E-state index in [-0.39, 0.29) is 36.2 Å². The van der Waals surface area contributed by atoms with E-state index in [0.29, 0.717) is 17.8 Å². The van der Waals surface area contributed by atoms with Crippen LogP contribution in [0.4, 0.5) is 0 Å². The number of ether oxygens (including phenoxy) is 3. The summed E-state index contributed by atoms with van der Waals surface area (Å²) >= 11 is 0. The fourth-order valence-corrected chi connectivity index (χ4v) is 7.78. The Bertz CT molecular complexity index is 924. The van der Waals surface area contributed by atoms with Crippen LogP contribution in [0, 0.1) is 28.6 Å². The molecule has 6 aliphatic rings. The van der Waals surface area contributed by atoms with E-state index in [4.69, 9.17) is 14.2 Å². The molecular formula is C24H29NO5. The SMILES string of the molecule is COC(=O)[C@]12CC3CC(C1)[C@@H](N1C(=O)C(C)(C)C1c1cccc4c1OCO4)C(C3)C2. The van der Waals surface area contributed by atoms with Crippen molar-refractivity contribution < 1.29 is 23.8 Å². The van der Waals surface area contributed by atoms with Gasteiger partial charge in [-0.15, -0.1) is 0 Å². The molecule has 6 nitrogen and oxygen atoms in total. The van der Waals surface area contributed by atoms with E-state index in [0.717, 1.165) is 49.2 Å². The number of rotatable bonds is 3. The minimum atomic E-state index is -0.476. The van der Waals surface area contributed by atoms with Gasteiger partial charge in [0.15, 0.2) is 11.5 Å². The van der Waals surface area contributed by atoms with Gasteiger partial charge in [0, 0.05) is 11.6 Å². The van der Waals surface area contributed by atoms with Crippen molar-refractivity contribution in [3.63, 3.8) is 0 Å². The fraction of sp³-hybridized carbons (Fsp3) is 0.667. The zero-order valence-electron chi connectivity index (χ0n) is 17.8. The van der Waals surface area contributed by atoms with Crippen LogP contribution in [0.25, 0.3) is 0 Å². The third-order valence-electron chi connectivity index (χ3n) is 8.63. The maximum Gasteiger partial charge on any atom is 0.311 e. The van der Waals surface area contributed by atoms with Crippen molar-refractivity contribution in [1.82, 2.24) is 4.90 Å². The predicted molar refractivity (Wildman–Crippen MR) is 108 cm³/mol. The van der Waals surface area contributed by atoms with Gasteiger partial charge in [0.05, 0.1) is 24.0 Å². The lowest BCUT2D eigenvalue weighted by Gasteiger charge is -2.66. The van der Waals surface area contributed by atoms with Crippen LogP contribution in [0.15, 0.2) is 18.2 Å². The number of likely N-dealkylation sites (tertiary alicyclic amines) is 1. The second-order valence-corrected chi connectivity index (χ2v) is 10.7. The van der Waals surface area contributed by atoms with Crippen molar-refractivity contribution in [2.24, 2.45) is 28.6 Å². The number of nitrogens with zero attached hydrogens (tertiary/aromatic N) is 1. The van der Waals surface area contributed by atoms with Crippen molar-refractivity contribution >= 4 is 11.9 Å². The standard InChI is InChI=1S/C24H29NO5/c1-23(2)20(16-5-4-6-17-19(16)30-12-29-17)25(21(23)26)18-14-7-13-8-15(18)11-24(9-13,10-14)22(27)28-3/h4-6,13-15,18,20H,7-12H2,1-3H3/t13?,14?,15?,18-,20?,24-. The van der Waals surface area contributed by atoms with Crippen molar-refractivity contribution in [2.75, 3.05) is 13.9 Å². The minimum Gasteiger partial charge on any atom is -0.469 e. The Morgan fingerprint density at radius 2 is 1.87 bits per heavy atom. The zero-order valence-corrected chi connectivity index (χ0v) is 17.8. The van der Waals surface area contributed by atoms with Crippen LogP contribution in [0.2, 0.25) is 0 Å². The molecule has 0 spiro atoms. The summed E-state index contributed by atoms with van der Waals surface area (Å²) in [5.74, 6) is 3.03. The summed E-state index contributed by atoms with van der Waals surface area (Å²) in [5, 5.41) is 0. The lowest BCUT2D eigenvalue weighted by Crippen LogP contribution is -2.70. The fourth-order valence-electron chi connectivity index (χ4n) is 7.78. The highest BCUT2D eigenvalue weighted by Gasteiger charge is 2.66. The molecule has 160 valence electrons. The van der Waals surface area contributed by atoms with Gasteiger partial charge >= 0.3 is 5.97 Å². The molecule has 2 heterocycles. The van der Waals surface area contributed by atoms with Crippen LogP contribution < -0.4 is 9.47 Å². The maximum absolute atomic E-state index is 13.4. The molecule has 1 aromatic carbocycles. The lowest BCUT2D eigenvalue weighted by atomic mass is 9.47. The topological polar surface area (TPSA) is 65.1 Å².